The molecule has 180 valence electrons. The van der Waals surface area contributed by atoms with Gasteiger partial charge in [-0.25, -0.2) is 8.42 Å². The van der Waals surface area contributed by atoms with Gasteiger partial charge in [-0.2, -0.15) is 17.5 Å². The van der Waals surface area contributed by atoms with Gasteiger partial charge in [0, 0.05) is 44.6 Å². The van der Waals surface area contributed by atoms with Crippen molar-refractivity contribution in [3.05, 3.63) is 59.9 Å². The average Bonchev–Trinajstić information content (AvgIpc) is 2.76. The SMILES string of the molecule is CC(O)(c1ccc(S(=O)(=O)N2CCN(C(c3ccncc3)C3CCC3)CC2)cc1)C(F)(F)F. The van der Waals surface area contributed by atoms with Crippen LogP contribution >= 0.6 is 0 Å². The van der Waals surface area contributed by atoms with Gasteiger partial charge in [-0.3, -0.25) is 9.88 Å². The van der Waals surface area contributed by atoms with Crippen molar-refractivity contribution in [2.24, 2.45) is 5.92 Å². The number of hydrogen-bond acceptors (Lipinski definition) is 5. The van der Waals surface area contributed by atoms with Crippen LogP contribution < -0.4 is 0 Å². The Morgan fingerprint density at radius 1 is 1.00 bits per heavy atom. The molecule has 33 heavy (non-hydrogen) atoms. The van der Waals surface area contributed by atoms with Gasteiger partial charge in [-0.1, -0.05) is 18.6 Å². The number of pyridine rings is 1. The Morgan fingerprint density at radius 2 is 1.58 bits per heavy atom. The molecular formula is C23H28F3N3O3S. The molecule has 6 nitrogen and oxygen atoms in total. The number of alkyl halides is 3. The monoisotopic (exact) mass is 483 g/mol. The second kappa shape index (κ2) is 8.98. The lowest BCUT2D eigenvalue weighted by atomic mass is 9.76. The first-order chi connectivity index (χ1) is 15.5. The smallest absolute Gasteiger partial charge is 0.376 e. The minimum Gasteiger partial charge on any atom is -0.376 e. The van der Waals surface area contributed by atoms with Crippen LogP contribution in [0.15, 0.2) is 53.7 Å². The number of piperazine rings is 1. The van der Waals surface area contributed by atoms with E-state index in [1.165, 1.54) is 16.3 Å². The molecule has 1 aliphatic carbocycles. The molecule has 2 atom stereocenters. The summed E-state index contributed by atoms with van der Waals surface area (Å²) in [5.74, 6) is 0.546. The molecule has 0 bridgehead atoms. The molecule has 1 aromatic heterocycles. The fraction of sp³-hybridized carbons (Fsp3) is 0.522. The van der Waals surface area contributed by atoms with Gasteiger partial charge in [-0.05, 0) is 61.1 Å². The highest BCUT2D eigenvalue weighted by Gasteiger charge is 2.51. The molecule has 1 N–H and O–H groups in total. The van der Waals surface area contributed by atoms with Gasteiger partial charge in [0.25, 0.3) is 0 Å². The summed E-state index contributed by atoms with van der Waals surface area (Å²) in [5, 5.41) is 9.82. The summed E-state index contributed by atoms with van der Waals surface area (Å²) in [6, 6.07) is 8.57. The number of hydrogen-bond donors (Lipinski definition) is 1. The second-order valence-corrected chi connectivity index (χ2v) is 10.9. The van der Waals surface area contributed by atoms with Crippen LogP contribution in [0.1, 0.15) is 43.4 Å². The van der Waals surface area contributed by atoms with Crippen LogP contribution in [0.2, 0.25) is 0 Å². The van der Waals surface area contributed by atoms with E-state index in [0.717, 1.165) is 37.1 Å². The van der Waals surface area contributed by atoms with Crippen molar-refractivity contribution in [3.63, 3.8) is 0 Å². The minimum absolute atomic E-state index is 0.0812. The Labute approximate surface area is 192 Å². The molecule has 1 aromatic carbocycles. The lowest BCUT2D eigenvalue weighted by Crippen LogP contribution is -2.51. The van der Waals surface area contributed by atoms with Gasteiger partial charge < -0.3 is 5.11 Å². The quantitative estimate of drug-likeness (QED) is 0.678. The zero-order valence-electron chi connectivity index (χ0n) is 18.4. The van der Waals surface area contributed by atoms with Crippen LogP contribution in [0.5, 0.6) is 0 Å². The molecular weight excluding hydrogens is 455 g/mol. The van der Waals surface area contributed by atoms with Crippen molar-refractivity contribution in [2.45, 2.75) is 48.9 Å². The first kappa shape index (κ1) is 24.1. The van der Waals surface area contributed by atoms with Gasteiger partial charge >= 0.3 is 6.18 Å². The van der Waals surface area contributed by atoms with Crippen LogP contribution in [0, 0.1) is 5.92 Å². The average molecular weight is 484 g/mol. The van der Waals surface area contributed by atoms with E-state index in [2.05, 4.69) is 9.88 Å². The highest BCUT2D eigenvalue weighted by atomic mass is 32.2. The Bertz CT molecular complexity index is 1050. The van der Waals surface area contributed by atoms with Gasteiger partial charge in [-0.15, -0.1) is 0 Å². The largest absolute Gasteiger partial charge is 0.421 e. The zero-order chi connectivity index (χ0) is 23.9. The van der Waals surface area contributed by atoms with Crippen molar-refractivity contribution < 1.29 is 26.7 Å². The molecule has 1 saturated carbocycles. The molecule has 2 aromatic rings. The van der Waals surface area contributed by atoms with Crippen molar-refractivity contribution >= 4 is 10.0 Å². The first-order valence-corrected chi connectivity index (χ1v) is 12.5. The van der Waals surface area contributed by atoms with Gasteiger partial charge in [0.1, 0.15) is 0 Å². The minimum atomic E-state index is -4.87. The van der Waals surface area contributed by atoms with Gasteiger partial charge in [0.05, 0.1) is 4.90 Å². The molecule has 2 fully saturated rings. The van der Waals surface area contributed by atoms with Crippen LogP contribution in [-0.4, -0.2) is 60.1 Å². The summed E-state index contributed by atoms with van der Waals surface area (Å²) < 4.78 is 66.8. The second-order valence-electron chi connectivity index (χ2n) is 8.95. The predicted octanol–water partition coefficient (Wildman–Crippen LogP) is 3.70. The van der Waals surface area contributed by atoms with Crippen LogP contribution in [-0.2, 0) is 15.6 Å². The van der Waals surface area contributed by atoms with E-state index in [-0.39, 0.29) is 10.9 Å². The van der Waals surface area contributed by atoms with Crippen molar-refractivity contribution in [1.29, 1.82) is 0 Å². The summed E-state index contributed by atoms with van der Waals surface area (Å²) in [7, 11) is -3.85. The van der Waals surface area contributed by atoms with Crippen LogP contribution in [0.4, 0.5) is 13.2 Å². The maximum Gasteiger partial charge on any atom is 0.421 e. The summed E-state index contributed by atoms with van der Waals surface area (Å²) in [6.45, 7) is 2.40. The Kier molecular flexibility index (Phi) is 6.56. The number of benzene rings is 1. The van der Waals surface area contributed by atoms with Gasteiger partial charge in [0.15, 0.2) is 5.60 Å². The Morgan fingerprint density at radius 3 is 2.06 bits per heavy atom. The maximum atomic E-state index is 13.1. The summed E-state index contributed by atoms with van der Waals surface area (Å²) >= 11 is 0. The standard InChI is InChI=1S/C23H28F3N3O3S/c1-22(30,23(24,25)26)19-5-7-20(8-6-19)33(31,32)29-15-13-28(14-16-29)21(17-3-2-4-17)18-9-11-27-12-10-18/h5-12,17,21,30H,2-4,13-16H2,1H3. The molecule has 2 heterocycles. The number of aliphatic hydroxyl groups is 1. The topological polar surface area (TPSA) is 73.7 Å². The lowest BCUT2D eigenvalue weighted by molar-refractivity contribution is -0.258. The predicted molar refractivity (Wildman–Crippen MR) is 117 cm³/mol. The van der Waals surface area contributed by atoms with Gasteiger partial charge in [0.2, 0.25) is 10.0 Å². The third kappa shape index (κ3) is 4.66. The van der Waals surface area contributed by atoms with Crippen molar-refractivity contribution in [3.8, 4) is 0 Å². The maximum absolute atomic E-state index is 13.1. The third-order valence-corrected chi connectivity index (χ3v) is 8.83. The number of nitrogens with zero attached hydrogens (tertiary/aromatic N) is 3. The van der Waals surface area contributed by atoms with E-state index in [0.29, 0.717) is 39.0 Å². The molecule has 2 aliphatic rings. The third-order valence-electron chi connectivity index (χ3n) is 6.92. The Hall–Kier alpha value is -2.01. The molecule has 4 rings (SSSR count). The number of halogens is 3. The molecule has 0 radical (unpaired) electrons. The highest BCUT2D eigenvalue weighted by Crippen LogP contribution is 2.42. The van der Waals surface area contributed by atoms with E-state index in [1.807, 2.05) is 12.1 Å². The van der Waals surface area contributed by atoms with E-state index in [9.17, 15) is 26.7 Å². The Balaban J connectivity index is 1.47. The van der Waals surface area contributed by atoms with Crippen molar-refractivity contribution in [2.75, 3.05) is 26.2 Å². The summed E-state index contributed by atoms with van der Waals surface area (Å²) in [4.78, 5) is 6.35. The molecule has 10 heteroatoms. The van der Waals surface area contributed by atoms with Crippen LogP contribution in [0.3, 0.4) is 0 Å². The molecule has 0 spiro atoms. The van der Waals surface area contributed by atoms with Crippen LogP contribution in [0.25, 0.3) is 0 Å². The molecule has 2 unspecified atom stereocenters. The van der Waals surface area contributed by atoms with E-state index >= 15 is 0 Å². The fourth-order valence-electron chi connectivity index (χ4n) is 4.58. The summed E-state index contributed by atoms with van der Waals surface area (Å²) in [6.07, 6.45) is 2.20. The highest BCUT2D eigenvalue weighted by molar-refractivity contribution is 7.89. The van der Waals surface area contributed by atoms with Crippen molar-refractivity contribution in [1.82, 2.24) is 14.2 Å². The number of sulfonamides is 1. The first-order valence-electron chi connectivity index (χ1n) is 11.1. The molecule has 0 amide bonds. The number of rotatable bonds is 6. The fourth-order valence-corrected chi connectivity index (χ4v) is 6.01. The summed E-state index contributed by atoms with van der Waals surface area (Å²) in [5.41, 5.74) is -2.26. The normalized spacial score (nSPS) is 21.8. The molecule has 1 saturated heterocycles. The van der Waals surface area contributed by atoms with E-state index < -0.39 is 27.4 Å². The number of aromatic nitrogens is 1. The van der Waals surface area contributed by atoms with E-state index in [4.69, 9.17) is 0 Å². The lowest BCUT2D eigenvalue weighted by Gasteiger charge is -2.44. The molecule has 1 aliphatic heterocycles. The zero-order valence-corrected chi connectivity index (χ0v) is 19.2. The van der Waals surface area contributed by atoms with E-state index in [1.54, 1.807) is 12.4 Å².